The Kier molecular flexibility index (Phi) is 3.41. The first kappa shape index (κ1) is 13.7. The molecule has 1 aliphatic rings. The number of hydrogen-bond acceptors (Lipinski definition) is 5. The molecule has 0 saturated carbocycles. The number of nitrogens with zero attached hydrogens (tertiary/aromatic N) is 6. The summed E-state index contributed by atoms with van der Waals surface area (Å²) in [6, 6.07) is 3.42. The minimum absolute atomic E-state index is 0.0708. The van der Waals surface area contributed by atoms with Gasteiger partial charge in [-0.05, 0) is 12.1 Å². The molecule has 4 heterocycles. The Balaban J connectivity index is 1.51. The highest BCUT2D eigenvalue weighted by Gasteiger charge is 2.23. The summed E-state index contributed by atoms with van der Waals surface area (Å²) in [4.78, 5) is 22.7. The maximum Gasteiger partial charge on any atom is 0.289 e. The third-order valence-electron chi connectivity index (χ3n) is 4.03. The van der Waals surface area contributed by atoms with E-state index >= 15 is 0 Å². The maximum absolute atomic E-state index is 12.4. The Hall–Kier alpha value is -2.90. The van der Waals surface area contributed by atoms with Crippen LogP contribution in [0.2, 0.25) is 0 Å². The summed E-state index contributed by atoms with van der Waals surface area (Å²) in [5.41, 5.74) is 1.07. The van der Waals surface area contributed by atoms with Crippen molar-refractivity contribution < 1.29 is 9.21 Å². The molecule has 0 spiro atoms. The maximum atomic E-state index is 12.4. The van der Waals surface area contributed by atoms with Gasteiger partial charge in [-0.15, -0.1) is 0 Å². The predicted octanol–water partition coefficient (Wildman–Crippen LogP) is 0.814. The zero-order chi connectivity index (χ0) is 15.6. The van der Waals surface area contributed by atoms with Crippen LogP contribution in [-0.2, 0) is 19.5 Å². The first-order valence-electron chi connectivity index (χ1n) is 7.50. The Labute approximate surface area is 132 Å². The van der Waals surface area contributed by atoms with Crippen molar-refractivity contribution in [3.8, 4) is 0 Å². The molecule has 3 aromatic rings. The van der Waals surface area contributed by atoms with Crippen molar-refractivity contribution in [1.29, 1.82) is 0 Å². The van der Waals surface area contributed by atoms with E-state index in [2.05, 4.69) is 19.6 Å². The molecule has 0 saturated heterocycles. The quantitative estimate of drug-likeness (QED) is 0.715. The van der Waals surface area contributed by atoms with Gasteiger partial charge in [0.15, 0.2) is 5.76 Å². The van der Waals surface area contributed by atoms with Gasteiger partial charge in [-0.2, -0.15) is 5.10 Å². The van der Waals surface area contributed by atoms with Crippen molar-refractivity contribution >= 4 is 5.91 Å². The number of rotatable bonds is 3. The van der Waals surface area contributed by atoms with Crippen molar-refractivity contribution in [3.63, 3.8) is 0 Å². The summed E-state index contributed by atoms with van der Waals surface area (Å²) in [6.45, 7) is 2.61. The summed E-state index contributed by atoms with van der Waals surface area (Å²) < 4.78 is 9.14. The zero-order valence-corrected chi connectivity index (χ0v) is 12.5. The molecule has 0 atom stereocenters. The second-order valence-electron chi connectivity index (χ2n) is 5.43. The fourth-order valence-corrected chi connectivity index (χ4v) is 2.86. The van der Waals surface area contributed by atoms with E-state index in [4.69, 9.17) is 4.42 Å². The number of aromatic nitrogens is 5. The van der Waals surface area contributed by atoms with Crippen LogP contribution in [-0.4, -0.2) is 48.2 Å². The van der Waals surface area contributed by atoms with Crippen LogP contribution in [0.3, 0.4) is 0 Å². The second-order valence-corrected chi connectivity index (χ2v) is 5.43. The Morgan fingerprint density at radius 3 is 3.04 bits per heavy atom. The van der Waals surface area contributed by atoms with Gasteiger partial charge < -0.3 is 13.9 Å². The fraction of sp³-hybridized carbons (Fsp3) is 0.333. The molecule has 1 aliphatic heterocycles. The van der Waals surface area contributed by atoms with Crippen LogP contribution in [0.1, 0.15) is 22.1 Å². The molecule has 1 amide bonds. The largest absolute Gasteiger partial charge is 0.459 e. The lowest BCUT2D eigenvalue weighted by Crippen LogP contribution is -2.33. The molecule has 0 aliphatic carbocycles. The molecule has 118 valence electrons. The highest BCUT2D eigenvalue weighted by molar-refractivity contribution is 5.91. The van der Waals surface area contributed by atoms with E-state index in [1.807, 2.05) is 11.1 Å². The highest BCUT2D eigenvalue weighted by Crippen LogP contribution is 2.15. The summed E-state index contributed by atoms with van der Waals surface area (Å²) in [6.07, 6.45) is 7.32. The average molecular weight is 312 g/mol. The van der Waals surface area contributed by atoms with Gasteiger partial charge in [0.05, 0.1) is 24.7 Å². The number of carbonyl (C=O) groups is 1. The Bertz CT molecular complexity index is 790. The topological polar surface area (TPSA) is 82.0 Å². The van der Waals surface area contributed by atoms with Crippen molar-refractivity contribution in [3.05, 3.63) is 54.5 Å². The summed E-state index contributed by atoms with van der Waals surface area (Å²) >= 11 is 0. The Morgan fingerprint density at radius 1 is 1.30 bits per heavy atom. The standard InChI is InChI=1S/C15H16N6O2/c22-15(13-2-1-7-23-13)19-4-3-14-17-8-12(21(14)6-5-19)9-20-11-16-10-18-20/h1-2,7-8,10-11H,3-6,9H2. The van der Waals surface area contributed by atoms with Crippen molar-refractivity contribution in [2.75, 3.05) is 13.1 Å². The number of fused-ring (bicyclic) bond motifs is 1. The third kappa shape index (κ3) is 2.63. The summed E-state index contributed by atoms with van der Waals surface area (Å²) in [5.74, 6) is 1.31. The molecule has 0 bridgehead atoms. The Morgan fingerprint density at radius 2 is 2.26 bits per heavy atom. The van der Waals surface area contributed by atoms with Gasteiger partial charge >= 0.3 is 0 Å². The lowest BCUT2D eigenvalue weighted by molar-refractivity contribution is 0.0727. The molecule has 0 unspecified atom stereocenters. The van der Waals surface area contributed by atoms with Crippen LogP contribution < -0.4 is 0 Å². The minimum Gasteiger partial charge on any atom is -0.459 e. The van der Waals surface area contributed by atoms with Crippen LogP contribution in [0.4, 0.5) is 0 Å². The monoisotopic (exact) mass is 312 g/mol. The van der Waals surface area contributed by atoms with E-state index in [-0.39, 0.29) is 5.91 Å². The smallest absolute Gasteiger partial charge is 0.289 e. The van der Waals surface area contributed by atoms with Gasteiger partial charge in [0.25, 0.3) is 5.91 Å². The van der Waals surface area contributed by atoms with E-state index in [1.54, 1.807) is 23.1 Å². The van der Waals surface area contributed by atoms with Gasteiger partial charge in [-0.3, -0.25) is 4.79 Å². The van der Waals surface area contributed by atoms with Gasteiger partial charge in [0.2, 0.25) is 0 Å². The molecular formula is C15H16N6O2. The molecule has 0 fully saturated rings. The van der Waals surface area contributed by atoms with Crippen LogP contribution in [0.5, 0.6) is 0 Å². The van der Waals surface area contributed by atoms with Crippen LogP contribution in [0.25, 0.3) is 0 Å². The number of hydrogen-bond donors (Lipinski definition) is 0. The predicted molar refractivity (Wildman–Crippen MR) is 79.7 cm³/mol. The minimum atomic E-state index is -0.0708. The summed E-state index contributed by atoms with van der Waals surface area (Å²) in [7, 11) is 0. The third-order valence-corrected chi connectivity index (χ3v) is 4.03. The van der Waals surface area contributed by atoms with Crippen molar-refractivity contribution in [2.24, 2.45) is 0 Å². The molecule has 0 N–H and O–H groups in total. The number of furan rings is 1. The molecular weight excluding hydrogens is 296 g/mol. The lowest BCUT2D eigenvalue weighted by Gasteiger charge is -2.18. The van der Waals surface area contributed by atoms with Crippen LogP contribution in [0, 0.1) is 0 Å². The molecule has 4 rings (SSSR count). The lowest BCUT2D eigenvalue weighted by atomic mass is 10.3. The summed E-state index contributed by atoms with van der Waals surface area (Å²) in [5, 5.41) is 4.13. The van der Waals surface area contributed by atoms with E-state index in [9.17, 15) is 4.79 Å². The number of imidazole rings is 1. The average Bonchev–Trinajstić information content (AvgIpc) is 3.29. The van der Waals surface area contributed by atoms with Gasteiger partial charge in [-0.25, -0.2) is 14.6 Å². The van der Waals surface area contributed by atoms with E-state index in [0.717, 1.165) is 17.9 Å². The van der Waals surface area contributed by atoms with E-state index in [1.165, 1.54) is 12.6 Å². The number of amides is 1. The van der Waals surface area contributed by atoms with Crippen molar-refractivity contribution in [1.82, 2.24) is 29.2 Å². The van der Waals surface area contributed by atoms with E-state index < -0.39 is 0 Å². The molecule has 8 heteroatoms. The van der Waals surface area contributed by atoms with Gasteiger partial charge in [0, 0.05) is 26.1 Å². The normalized spacial score (nSPS) is 14.5. The van der Waals surface area contributed by atoms with Crippen LogP contribution >= 0.6 is 0 Å². The molecule has 23 heavy (non-hydrogen) atoms. The molecule has 0 radical (unpaired) electrons. The number of carbonyl (C=O) groups excluding carboxylic acids is 1. The second kappa shape index (κ2) is 5.71. The fourth-order valence-electron chi connectivity index (χ4n) is 2.86. The van der Waals surface area contributed by atoms with Gasteiger partial charge in [0.1, 0.15) is 18.5 Å². The molecule has 0 aromatic carbocycles. The van der Waals surface area contributed by atoms with Crippen LogP contribution in [0.15, 0.2) is 41.7 Å². The first-order valence-corrected chi connectivity index (χ1v) is 7.50. The molecule has 3 aromatic heterocycles. The highest BCUT2D eigenvalue weighted by atomic mass is 16.3. The first-order chi connectivity index (χ1) is 11.3. The molecule has 8 nitrogen and oxygen atoms in total. The van der Waals surface area contributed by atoms with Gasteiger partial charge in [-0.1, -0.05) is 0 Å². The van der Waals surface area contributed by atoms with E-state index in [0.29, 0.717) is 31.9 Å². The SMILES string of the molecule is O=C(c1ccco1)N1CCc2ncc(Cn3cncn3)n2CC1. The van der Waals surface area contributed by atoms with Crippen molar-refractivity contribution in [2.45, 2.75) is 19.5 Å². The zero-order valence-electron chi connectivity index (χ0n) is 12.5.